The molecule has 0 atom stereocenters. The molecule has 1 saturated heterocycles. The number of carbonyl (C=O) groups excluding carboxylic acids is 1. The third-order valence-corrected chi connectivity index (χ3v) is 5.12. The van der Waals surface area contributed by atoms with Crippen LogP contribution in [0.25, 0.3) is 11.3 Å². The maximum absolute atomic E-state index is 12.4. The number of carbonyl (C=O) groups is 1. The highest BCUT2D eigenvalue weighted by Crippen LogP contribution is 2.33. The average Bonchev–Trinajstić information content (AvgIpc) is 3.08. The lowest BCUT2D eigenvalue weighted by Crippen LogP contribution is -2.38. The number of aryl methyl sites for hydroxylation is 1. The van der Waals surface area contributed by atoms with Gasteiger partial charge in [0.2, 0.25) is 5.95 Å². The summed E-state index contributed by atoms with van der Waals surface area (Å²) < 4.78 is 0. The van der Waals surface area contributed by atoms with Crippen LogP contribution in [0.4, 0.5) is 5.95 Å². The molecule has 26 heavy (non-hydrogen) atoms. The van der Waals surface area contributed by atoms with E-state index in [0.717, 1.165) is 56.1 Å². The minimum atomic E-state index is -0.0456. The van der Waals surface area contributed by atoms with Crippen molar-refractivity contribution in [3.05, 3.63) is 41.1 Å². The Hall–Kier alpha value is -2.47. The first-order chi connectivity index (χ1) is 12.8. The predicted octanol–water partition coefficient (Wildman–Crippen LogP) is 1.79. The highest BCUT2D eigenvalue weighted by atomic mass is 16.1. The van der Waals surface area contributed by atoms with Crippen LogP contribution in [0.2, 0.25) is 0 Å². The van der Waals surface area contributed by atoms with Gasteiger partial charge in [-0.05, 0) is 44.9 Å². The van der Waals surface area contributed by atoms with Gasteiger partial charge in [0.05, 0.1) is 5.69 Å². The second kappa shape index (κ2) is 7.41. The molecule has 2 aromatic rings. The summed E-state index contributed by atoms with van der Waals surface area (Å²) in [7, 11) is 1.87. The van der Waals surface area contributed by atoms with Gasteiger partial charge in [0, 0.05) is 48.6 Å². The van der Waals surface area contributed by atoms with Crippen LogP contribution in [-0.2, 0) is 12.8 Å². The number of aromatic nitrogens is 2. The molecular weight excluding hydrogens is 326 g/mol. The summed E-state index contributed by atoms with van der Waals surface area (Å²) in [4.78, 5) is 24.3. The molecule has 0 radical (unpaired) electrons. The standard InChI is InChI=1S/C20H25N5O/c1-21-9-10-22-19(26)15-6-2-5-14(13-15)18-16-7-3-8-17(16)23-20(24-18)25-11-4-12-25/h2,5-6,13,21H,3-4,7-12H2,1H3,(H,22,26). The molecule has 4 rings (SSSR count). The van der Waals surface area contributed by atoms with Crippen molar-refractivity contribution in [3.63, 3.8) is 0 Å². The van der Waals surface area contributed by atoms with E-state index in [1.54, 1.807) is 0 Å². The van der Waals surface area contributed by atoms with E-state index in [0.29, 0.717) is 12.1 Å². The Morgan fingerprint density at radius 3 is 2.81 bits per heavy atom. The number of hydrogen-bond donors (Lipinski definition) is 2. The van der Waals surface area contributed by atoms with Crippen molar-refractivity contribution in [1.82, 2.24) is 20.6 Å². The number of benzene rings is 1. The first-order valence-corrected chi connectivity index (χ1v) is 9.44. The number of amides is 1. The summed E-state index contributed by atoms with van der Waals surface area (Å²) in [5.41, 5.74) is 5.12. The number of nitrogens with zero attached hydrogens (tertiary/aromatic N) is 3. The molecule has 0 unspecified atom stereocenters. The summed E-state index contributed by atoms with van der Waals surface area (Å²) >= 11 is 0. The van der Waals surface area contributed by atoms with Gasteiger partial charge in [-0.15, -0.1) is 0 Å². The second-order valence-electron chi connectivity index (χ2n) is 6.93. The van der Waals surface area contributed by atoms with E-state index in [1.807, 2.05) is 31.3 Å². The maximum Gasteiger partial charge on any atom is 0.251 e. The van der Waals surface area contributed by atoms with E-state index < -0.39 is 0 Å². The van der Waals surface area contributed by atoms with Gasteiger partial charge in [-0.2, -0.15) is 0 Å². The topological polar surface area (TPSA) is 70.2 Å². The van der Waals surface area contributed by atoms with E-state index in [-0.39, 0.29) is 5.91 Å². The van der Waals surface area contributed by atoms with E-state index in [2.05, 4.69) is 15.5 Å². The first-order valence-electron chi connectivity index (χ1n) is 9.44. The average molecular weight is 351 g/mol. The highest BCUT2D eigenvalue weighted by molar-refractivity contribution is 5.95. The van der Waals surface area contributed by atoms with E-state index in [1.165, 1.54) is 17.7 Å². The number of fused-ring (bicyclic) bond motifs is 1. The van der Waals surface area contributed by atoms with Gasteiger partial charge in [-0.25, -0.2) is 9.97 Å². The van der Waals surface area contributed by atoms with Crippen LogP contribution in [-0.4, -0.2) is 49.1 Å². The van der Waals surface area contributed by atoms with Crippen LogP contribution in [0.3, 0.4) is 0 Å². The third-order valence-electron chi connectivity index (χ3n) is 5.12. The quantitative estimate of drug-likeness (QED) is 0.777. The van der Waals surface area contributed by atoms with Crippen LogP contribution in [0.15, 0.2) is 24.3 Å². The molecule has 0 saturated carbocycles. The Morgan fingerprint density at radius 2 is 2.04 bits per heavy atom. The fourth-order valence-electron chi connectivity index (χ4n) is 3.53. The van der Waals surface area contributed by atoms with Crippen molar-refractivity contribution < 1.29 is 4.79 Å². The molecule has 0 bridgehead atoms. The molecule has 136 valence electrons. The fraction of sp³-hybridized carbons (Fsp3) is 0.450. The lowest BCUT2D eigenvalue weighted by molar-refractivity contribution is 0.0954. The van der Waals surface area contributed by atoms with Gasteiger partial charge < -0.3 is 15.5 Å². The van der Waals surface area contributed by atoms with Gasteiger partial charge in [0.1, 0.15) is 0 Å². The van der Waals surface area contributed by atoms with Crippen LogP contribution in [0.5, 0.6) is 0 Å². The first kappa shape index (κ1) is 17.0. The van der Waals surface area contributed by atoms with Crippen LogP contribution >= 0.6 is 0 Å². The van der Waals surface area contributed by atoms with E-state index in [4.69, 9.17) is 9.97 Å². The molecule has 0 spiro atoms. The van der Waals surface area contributed by atoms with Gasteiger partial charge in [0.15, 0.2) is 0 Å². The largest absolute Gasteiger partial charge is 0.351 e. The minimum absolute atomic E-state index is 0.0456. The summed E-state index contributed by atoms with van der Waals surface area (Å²) in [6.45, 7) is 3.43. The molecule has 6 heteroatoms. The molecule has 1 fully saturated rings. The van der Waals surface area contributed by atoms with Gasteiger partial charge in [-0.1, -0.05) is 12.1 Å². The molecule has 1 amide bonds. The Labute approximate surface area is 154 Å². The van der Waals surface area contributed by atoms with Gasteiger partial charge in [0.25, 0.3) is 5.91 Å². The second-order valence-corrected chi connectivity index (χ2v) is 6.93. The van der Waals surface area contributed by atoms with Gasteiger partial charge in [-0.3, -0.25) is 4.79 Å². The van der Waals surface area contributed by atoms with Crippen molar-refractivity contribution in [1.29, 1.82) is 0 Å². The number of anilines is 1. The SMILES string of the molecule is CNCCNC(=O)c1cccc(-c2nc(N3CCC3)nc3c2CCC3)c1. The third kappa shape index (κ3) is 3.29. The Balaban J connectivity index is 1.66. The van der Waals surface area contributed by atoms with Crippen molar-refractivity contribution in [2.45, 2.75) is 25.7 Å². The molecule has 1 aliphatic carbocycles. The van der Waals surface area contributed by atoms with Crippen LogP contribution in [0.1, 0.15) is 34.5 Å². The Bertz CT molecular complexity index is 816. The summed E-state index contributed by atoms with van der Waals surface area (Å²) in [5.74, 6) is 0.798. The zero-order valence-corrected chi connectivity index (χ0v) is 15.2. The molecule has 1 aromatic heterocycles. The molecule has 2 heterocycles. The van der Waals surface area contributed by atoms with Crippen molar-refractivity contribution in [2.24, 2.45) is 0 Å². The predicted molar refractivity (Wildman–Crippen MR) is 103 cm³/mol. The maximum atomic E-state index is 12.4. The molecular formula is C20H25N5O. The Kier molecular flexibility index (Phi) is 4.84. The van der Waals surface area contributed by atoms with Crippen molar-refractivity contribution in [3.8, 4) is 11.3 Å². The molecule has 1 aromatic carbocycles. The lowest BCUT2D eigenvalue weighted by Gasteiger charge is -2.31. The van der Waals surface area contributed by atoms with E-state index >= 15 is 0 Å². The lowest BCUT2D eigenvalue weighted by atomic mass is 10.0. The summed E-state index contributed by atoms with van der Waals surface area (Å²) in [5, 5.41) is 5.97. The smallest absolute Gasteiger partial charge is 0.251 e. The zero-order valence-electron chi connectivity index (χ0n) is 15.2. The Morgan fingerprint density at radius 1 is 1.15 bits per heavy atom. The van der Waals surface area contributed by atoms with Crippen molar-refractivity contribution in [2.75, 3.05) is 38.1 Å². The van der Waals surface area contributed by atoms with Crippen molar-refractivity contribution >= 4 is 11.9 Å². The van der Waals surface area contributed by atoms with Crippen LogP contribution < -0.4 is 15.5 Å². The van der Waals surface area contributed by atoms with Gasteiger partial charge >= 0.3 is 0 Å². The van der Waals surface area contributed by atoms with E-state index in [9.17, 15) is 4.79 Å². The number of rotatable bonds is 6. The summed E-state index contributed by atoms with van der Waals surface area (Å²) in [6.07, 6.45) is 4.38. The fourth-order valence-corrected chi connectivity index (χ4v) is 3.53. The zero-order chi connectivity index (χ0) is 17.9. The highest BCUT2D eigenvalue weighted by Gasteiger charge is 2.24. The molecule has 2 N–H and O–H groups in total. The number of hydrogen-bond acceptors (Lipinski definition) is 5. The van der Waals surface area contributed by atoms with Crippen LogP contribution in [0, 0.1) is 0 Å². The molecule has 1 aliphatic heterocycles. The monoisotopic (exact) mass is 351 g/mol. The normalized spacial score (nSPS) is 15.5. The number of likely N-dealkylation sites (N-methyl/N-ethyl adjacent to an activating group) is 1. The summed E-state index contributed by atoms with van der Waals surface area (Å²) in [6, 6.07) is 7.80. The number of nitrogens with one attached hydrogen (secondary N) is 2. The molecule has 2 aliphatic rings. The molecule has 6 nitrogen and oxygen atoms in total. The minimum Gasteiger partial charge on any atom is -0.351 e.